The highest BCUT2D eigenvalue weighted by molar-refractivity contribution is 6.36. The van der Waals surface area contributed by atoms with Gasteiger partial charge in [0.15, 0.2) is 0 Å². The predicted molar refractivity (Wildman–Crippen MR) is 76.8 cm³/mol. The van der Waals surface area contributed by atoms with E-state index in [2.05, 4.69) is 15.3 Å². The maximum absolute atomic E-state index is 11.8. The Morgan fingerprint density at radius 2 is 2.10 bits per heavy atom. The van der Waals surface area contributed by atoms with Crippen molar-refractivity contribution >= 4 is 40.9 Å². The van der Waals surface area contributed by atoms with Crippen molar-refractivity contribution in [3.63, 3.8) is 0 Å². The number of benzene rings is 1. The van der Waals surface area contributed by atoms with Gasteiger partial charge in [0.1, 0.15) is 12.3 Å². The Hall–Kier alpha value is -1.79. The number of hydrogen-bond donors (Lipinski definition) is 2. The van der Waals surface area contributed by atoms with Crippen molar-refractivity contribution in [1.82, 2.24) is 5.43 Å². The van der Waals surface area contributed by atoms with Crippen LogP contribution in [0.15, 0.2) is 23.3 Å². The number of nitrogens with two attached hydrogens (primary N) is 1. The molecule has 0 aliphatic carbocycles. The fourth-order valence-corrected chi connectivity index (χ4v) is 1.75. The van der Waals surface area contributed by atoms with Crippen LogP contribution in [0.25, 0.3) is 0 Å². The molecule has 0 aliphatic rings. The number of carbonyl (C=O) groups is 2. The normalized spacial score (nSPS) is 11.1. The van der Waals surface area contributed by atoms with Gasteiger partial charge in [-0.2, -0.15) is 5.10 Å². The highest BCUT2D eigenvalue weighted by Crippen LogP contribution is 2.20. The van der Waals surface area contributed by atoms with Crippen LogP contribution < -0.4 is 11.2 Å². The molecule has 3 N–H and O–H groups in total. The Balaban J connectivity index is 2.64. The zero-order valence-corrected chi connectivity index (χ0v) is 12.2. The second kappa shape index (κ2) is 7.72. The number of hydrazone groups is 1. The fraction of sp³-hybridized carbons (Fsp3) is 0.250. The summed E-state index contributed by atoms with van der Waals surface area (Å²) in [6.45, 7) is 1.92. The largest absolute Gasteiger partial charge is 0.466 e. The van der Waals surface area contributed by atoms with Crippen molar-refractivity contribution in [3.05, 3.63) is 33.8 Å². The smallest absolute Gasteiger partial charge is 0.313 e. The third-order valence-electron chi connectivity index (χ3n) is 2.11. The first-order valence-corrected chi connectivity index (χ1v) is 6.42. The number of esters is 1. The predicted octanol–water partition coefficient (Wildman–Crippen LogP) is 1.95. The maximum atomic E-state index is 11.8. The van der Waals surface area contributed by atoms with E-state index in [4.69, 9.17) is 28.9 Å². The van der Waals surface area contributed by atoms with Gasteiger partial charge in [-0.05, 0) is 25.1 Å². The summed E-state index contributed by atoms with van der Waals surface area (Å²) in [7, 11) is 0. The van der Waals surface area contributed by atoms with Crippen molar-refractivity contribution in [2.75, 3.05) is 6.61 Å². The van der Waals surface area contributed by atoms with Crippen molar-refractivity contribution < 1.29 is 14.3 Å². The summed E-state index contributed by atoms with van der Waals surface area (Å²) in [5, 5.41) is 4.19. The molecule has 0 spiro atoms. The SMILES string of the molecule is CCOC(=O)C/C(N)=N/NC(=O)c1ccc(Cl)cc1Cl. The van der Waals surface area contributed by atoms with Gasteiger partial charge in [-0.25, -0.2) is 5.43 Å². The number of rotatable bonds is 5. The molecule has 0 aromatic heterocycles. The minimum atomic E-state index is -0.557. The molecule has 0 radical (unpaired) electrons. The lowest BCUT2D eigenvalue weighted by Crippen LogP contribution is -2.25. The second-order valence-electron chi connectivity index (χ2n) is 3.65. The third-order valence-corrected chi connectivity index (χ3v) is 2.66. The first-order chi connectivity index (χ1) is 9.43. The number of nitrogens with one attached hydrogen (secondary N) is 1. The molecule has 6 nitrogen and oxygen atoms in total. The lowest BCUT2D eigenvalue weighted by atomic mass is 10.2. The molecule has 0 saturated heterocycles. The standard InChI is InChI=1S/C12H13Cl2N3O3/c1-2-20-11(18)6-10(15)16-17-12(19)8-4-3-7(13)5-9(8)14/h3-5H,2,6H2,1H3,(H2,15,16)(H,17,19). The number of ether oxygens (including phenoxy) is 1. The Morgan fingerprint density at radius 1 is 1.40 bits per heavy atom. The van der Waals surface area contributed by atoms with E-state index in [1.54, 1.807) is 6.92 Å². The highest BCUT2D eigenvalue weighted by atomic mass is 35.5. The molecule has 0 atom stereocenters. The molecule has 1 amide bonds. The van der Waals surface area contributed by atoms with Gasteiger partial charge in [-0.3, -0.25) is 9.59 Å². The van der Waals surface area contributed by atoms with Crippen molar-refractivity contribution in [3.8, 4) is 0 Å². The van der Waals surface area contributed by atoms with E-state index in [-0.39, 0.29) is 29.4 Å². The minimum Gasteiger partial charge on any atom is -0.466 e. The summed E-state index contributed by atoms with van der Waals surface area (Å²) in [5.74, 6) is -1.15. The Kier molecular flexibility index (Phi) is 6.27. The van der Waals surface area contributed by atoms with Gasteiger partial charge in [0.05, 0.1) is 17.2 Å². The molecular weight excluding hydrogens is 305 g/mol. The summed E-state index contributed by atoms with van der Waals surface area (Å²) in [6.07, 6.45) is -0.206. The zero-order chi connectivity index (χ0) is 15.1. The van der Waals surface area contributed by atoms with Crippen LogP contribution in [-0.4, -0.2) is 24.3 Å². The van der Waals surface area contributed by atoms with E-state index < -0.39 is 11.9 Å². The Labute approximate surface area is 125 Å². The average Bonchev–Trinajstić information content (AvgIpc) is 2.36. The van der Waals surface area contributed by atoms with E-state index in [1.165, 1.54) is 18.2 Å². The summed E-state index contributed by atoms with van der Waals surface area (Å²) in [4.78, 5) is 22.9. The van der Waals surface area contributed by atoms with Crippen molar-refractivity contribution in [2.24, 2.45) is 10.8 Å². The molecule has 0 aliphatic heterocycles. The molecule has 1 aromatic carbocycles. The number of hydrogen-bond acceptors (Lipinski definition) is 4. The molecule has 1 aromatic rings. The minimum absolute atomic E-state index is 0.0677. The van der Waals surface area contributed by atoms with Gasteiger partial charge in [-0.1, -0.05) is 23.2 Å². The van der Waals surface area contributed by atoms with Gasteiger partial charge < -0.3 is 10.5 Å². The monoisotopic (exact) mass is 317 g/mol. The Bertz CT molecular complexity index is 547. The molecule has 0 fully saturated rings. The Morgan fingerprint density at radius 3 is 2.70 bits per heavy atom. The van der Waals surface area contributed by atoms with Crippen molar-refractivity contribution in [2.45, 2.75) is 13.3 Å². The van der Waals surface area contributed by atoms with Crippen LogP contribution in [-0.2, 0) is 9.53 Å². The molecule has 0 saturated carbocycles. The lowest BCUT2D eigenvalue weighted by Gasteiger charge is -2.04. The van der Waals surface area contributed by atoms with Crippen LogP contribution in [0.1, 0.15) is 23.7 Å². The van der Waals surface area contributed by atoms with Crippen LogP contribution in [0.3, 0.4) is 0 Å². The summed E-state index contributed by atoms with van der Waals surface area (Å²) < 4.78 is 4.69. The summed E-state index contributed by atoms with van der Waals surface area (Å²) in [6, 6.07) is 4.41. The second-order valence-corrected chi connectivity index (χ2v) is 4.49. The molecule has 20 heavy (non-hydrogen) atoms. The van der Waals surface area contributed by atoms with Crippen LogP contribution in [0, 0.1) is 0 Å². The first kappa shape index (κ1) is 16.3. The molecule has 1 rings (SSSR count). The molecule has 0 heterocycles. The number of nitrogens with zero attached hydrogens (tertiary/aromatic N) is 1. The lowest BCUT2D eigenvalue weighted by molar-refractivity contribution is -0.141. The number of amidine groups is 1. The molecule has 108 valence electrons. The van der Waals surface area contributed by atoms with Gasteiger partial charge >= 0.3 is 5.97 Å². The number of amides is 1. The fourth-order valence-electron chi connectivity index (χ4n) is 1.26. The van der Waals surface area contributed by atoms with Gasteiger partial charge in [0.25, 0.3) is 5.91 Å². The number of carbonyl (C=O) groups excluding carboxylic acids is 2. The van der Waals surface area contributed by atoms with Crippen LogP contribution >= 0.6 is 23.2 Å². The highest BCUT2D eigenvalue weighted by Gasteiger charge is 2.11. The van der Waals surface area contributed by atoms with Gasteiger partial charge in [0, 0.05) is 5.02 Å². The first-order valence-electron chi connectivity index (χ1n) is 5.67. The van der Waals surface area contributed by atoms with E-state index >= 15 is 0 Å². The third kappa shape index (κ3) is 5.07. The zero-order valence-electron chi connectivity index (χ0n) is 10.7. The van der Waals surface area contributed by atoms with Crippen molar-refractivity contribution in [1.29, 1.82) is 0 Å². The molecular formula is C12H13Cl2N3O3. The average molecular weight is 318 g/mol. The summed E-state index contributed by atoms with van der Waals surface area (Å²) >= 11 is 11.6. The van der Waals surface area contributed by atoms with E-state index in [1.807, 2.05) is 0 Å². The van der Waals surface area contributed by atoms with Crippen LogP contribution in [0.5, 0.6) is 0 Å². The van der Waals surface area contributed by atoms with Gasteiger partial charge in [0.2, 0.25) is 0 Å². The molecule has 8 heteroatoms. The number of halogens is 2. The van der Waals surface area contributed by atoms with E-state index in [0.717, 1.165) is 0 Å². The topological polar surface area (TPSA) is 93.8 Å². The van der Waals surface area contributed by atoms with Crippen LogP contribution in [0.2, 0.25) is 10.0 Å². The molecule has 0 unspecified atom stereocenters. The van der Waals surface area contributed by atoms with Gasteiger partial charge in [-0.15, -0.1) is 0 Å². The summed E-state index contributed by atoms with van der Waals surface area (Å²) in [5.41, 5.74) is 7.87. The van der Waals surface area contributed by atoms with E-state index in [9.17, 15) is 9.59 Å². The van der Waals surface area contributed by atoms with Crippen LogP contribution in [0.4, 0.5) is 0 Å². The van der Waals surface area contributed by atoms with E-state index in [0.29, 0.717) is 5.02 Å². The molecule has 0 bridgehead atoms. The quantitative estimate of drug-likeness (QED) is 0.375. The maximum Gasteiger partial charge on any atom is 0.313 e.